The van der Waals surface area contributed by atoms with Gasteiger partial charge in [-0.2, -0.15) is 4.36 Å². The molecule has 0 saturated carbocycles. The van der Waals surface area contributed by atoms with E-state index in [9.17, 15) is 18.8 Å². The van der Waals surface area contributed by atoms with E-state index in [4.69, 9.17) is 9.56 Å². The number of anilines is 1. The third-order valence-corrected chi connectivity index (χ3v) is 7.23. The SMILES string of the molecule is Cc1oc(S(N)(=O)=NC(O)Nc2c3c(c(F)c4c2CCC4)CCC3)cc1C(C)(C)O. The van der Waals surface area contributed by atoms with Gasteiger partial charge in [-0.1, -0.05) is 0 Å². The number of nitrogens with zero attached hydrogens (tertiary/aromatic N) is 1. The van der Waals surface area contributed by atoms with Crippen molar-refractivity contribution in [3.05, 3.63) is 45.5 Å². The van der Waals surface area contributed by atoms with Gasteiger partial charge in [0.1, 0.15) is 11.6 Å². The van der Waals surface area contributed by atoms with Crippen LogP contribution in [-0.2, 0) is 41.2 Å². The normalized spacial score (nSPS) is 18.6. The van der Waals surface area contributed by atoms with Gasteiger partial charge in [0.25, 0.3) is 0 Å². The molecule has 164 valence electrons. The summed E-state index contributed by atoms with van der Waals surface area (Å²) in [5.74, 6) is 0.266. The molecule has 5 N–H and O–H groups in total. The molecule has 0 spiro atoms. The van der Waals surface area contributed by atoms with Gasteiger partial charge in [0.15, 0.2) is 9.92 Å². The standard InChI is InChI=1S/C21H28FN3O4S/c1-11-16(21(2,3)27)10-17(29-11)30(23,28)25-20(26)24-19-14-8-4-6-12(14)18(22)13-7-5-9-15(13)19/h10,20,24,26-27H,4-9H2,1-3H3,(H2,23,25,28). The highest BCUT2D eigenvalue weighted by molar-refractivity contribution is 7.91. The van der Waals surface area contributed by atoms with Crippen LogP contribution in [-0.4, -0.2) is 20.8 Å². The van der Waals surface area contributed by atoms with Gasteiger partial charge in [0, 0.05) is 17.3 Å². The topological polar surface area (TPSA) is 121 Å². The quantitative estimate of drug-likeness (QED) is 0.536. The van der Waals surface area contributed by atoms with Crippen LogP contribution >= 0.6 is 0 Å². The summed E-state index contributed by atoms with van der Waals surface area (Å²) in [4.78, 5) is 0. The molecular weight excluding hydrogens is 409 g/mol. The van der Waals surface area contributed by atoms with Crippen molar-refractivity contribution in [2.45, 2.75) is 76.3 Å². The minimum absolute atomic E-state index is 0.111. The number of fused-ring (bicyclic) bond motifs is 2. The van der Waals surface area contributed by atoms with Crippen LogP contribution in [0.3, 0.4) is 0 Å². The van der Waals surface area contributed by atoms with Gasteiger partial charge in [-0.25, -0.2) is 13.7 Å². The molecule has 0 fully saturated rings. The van der Waals surface area contributed by atoms with Gasteiger partial charge in [0.2, 0.25) is 11.4 Å². The van der Waals surface area contributed by atoms with Gasteiger partial charge < -0.3 is 19.9 Å². The summed E-state index contributed by atoms with van der Waals surface area (Å²) in [6.45, 7) is 4.79. The molecule has 2 aliphatic carbocycles. The number of rotatable bonds is 5. The van der Waals surface area contributed by atoms with E-state index >= 15 is 0 Å². The van der Waals surface area contributed by atoms with E-state index in [0.29, 0.717) is 41.0 Å². The van der Waals surface area contributed by atoms with E-state index in [0.717, 1.165) is 36.8 Å². The first-order chi connectivity index (χ1) is 14.0. The summed E-state index contributed by atoms with van der Waals surface area (Å²) >= 11 is 0. The fraction of sp³-hybridized carbons (Fsp3) is 0.524. The number of aliphatic hydroxyl groups is 2. The Hall–Kier alpha value is -1.94. The summed E-state index contributed by atoms with van der Waals surface area (Å²) < 4.78 is 37.1. The monoisotopic (exact) mass is 437 g/mol. The van der Waals surface area contributed by atoms with E-state index < -0.39 is 21.9 Å². The lowest BCUT2D eigenvalue weighted by atomic mass is 9.98. The van der Waals surface area contributed by atoms with Crippen molar-refractivity contribution in [1.29, 1.82) is 0 Å². The fourth-order valence-electron chi connectivity index (χ4n) is 4.62. The van der Waals surface area contributed by atoms with Crippen molar-refractivity contribution in [3.8, 4) is 0 Å². The predicted molar refractivity (Wildman–Crippen MR) is 112 cm³/mol. The van der Waals surface area contributed by atoms with Gasteiger partial charge in [0.05, 0.1) is 5.60 Å². The Morgan fingerprint density at radius 3 is 2.23 bits per heavy atom. The first kappa shape index (κ1) is 21.3. The van der Waals surface area contributed by atoms with E-state index in [1.54, 1.807) is 20.8 Å². The van der Waals surface area contributed by atoms with Crippen LogP contribution in [0.1, 0.15) is 60.3 Å². The first-order valence-corrected chi connectivity index (χ1v) is 11.7. The second-order valence-corrected chi connectivity index (χ2v) is 10.3. The lowest BCUT2D eigenvalue weighted by Gasteiger charge is -2.19. The fourth-order valence-corrected chi connectivity index (χ4v) is 5.61. The van der Waals surface area contributed by atoms with Crippen molar-refractivity contribution >= 4 is 15.6 Å². The summed E-state index contributed by atoms with van der Waals surface area (Å²) in [5, 5.41) is 29.5. The Labute approximate surface area is 175 Å². The van der Waals surface area contributed by atoms with Crippen LogP contribution in [0.5, 0.6) is 0 Å². The lowest BCUT2D eigenvalue weighted by Crippen LogP contribution is -2.24. The Balaban J connectivity index is 1.68. The van der Waals surface area contributed by atoms with Gasteiger partial charge in [-0.3, -0.25) is 0 Å². The summed E-state index contributed by atoms with van der Waals surface area (Å²) in [5.41, 5.74) is 3.07. The van der Waals surface area contributed by atoms with Gasteiger partial charge in [-0.05, 0) is 81.5 Å². The van der Waals surface area contributed by atoms with Crippen molar-refractivity contribution in [2.24, 2.45) is 9.50 Å². The van der Waals surface area contributed by atoms with E-state index in [2.05, 4.69) is 9.68 Å². The molecule has 2 atom stereocenters. The van der Waals surface area contributed by atoms with Crippen LogP contribution in [0.2, 0.25) is 0 Å². The van der Waals surface area contributed by atoms with Crippen LogP contribution in [0, 0.1) is 12.7 Å². The van der Waals surface area contributed by atoms with Crippen molar-refractivity contribution < 1.29 is 23.2 Å². The summed E-state index contributed by atoms with van der Waals surface area (Å²) in [6.07, 6.45) is 2.95. The molecule has 0 amide bonds. The molecule has 9 heteroatoms. The van der Waals surface area contributed by atoms with Crippen LogP contribution in [0.25, 0.3) is 0 Å². The molecule has 0 bridgehead atoms. The smallest absolute Gasteiger partial charge is 0.233 e. The largest absolute Gasteiger partial charge is 0.450 e. The van der Waals surface area contributed by atoms with Crippen LogP contribution in [0.15, 0.2) is 19.9 Å². The van der Waals surface area contributed by atoms with Crippen LogP contribution < -0.4 is 10.5 Å². The number of furan rings is 1. The van der Waals surface area contributed by atoms with E-state index in [1.165, 1.54) is 6.07 Å². The Kier molecular flexibility index (Phi) is 5.21. The highest BCUT2D eigenvalue weighted by Crippen LogP contribution is 2.41. The minimum Gasteiger partial charge on any atom is -0.450 e. The number of halogens is 1. The predicted octanol–water partition coefficient (Wildman–Crippen LogP) is 3.02. The maximum atomic E-state index is 14.8. The van der Waals surface area contributed by atoms with Crippen molar-refractivity contribution in [3.63, 3.8) is 0 Å². The molecule has 2 aliphatic rings. The number of aliphatic hydroxyl groups excluding tert-OH is 1. The molecule has 0 radical (unpaired) electrons. The highest BCUT2D eigenvalue weighted by atomic mass is 32.2. The second-order valence-electron chi connectivity index (χ2n) is 8.60. The zero-order valence-electron chi connectivity index (χ0n) is 17.4. The number of aryl methyl sites for hydroxylation is 1. The molecule has 30 heavy (non-hydrogen) atoms. The van der Waals surface area contributed by atoms with Gasteiger partial charge >= 0.3 is 0 Å². The zero-order chi connectivity index (χ0) is 21.8. The molecule has 1 aromatic carbocycles. The van der Waals surface area contributed by atoms with Crippen molar-refractivity contribution in [2.75, 3.05) is 5.32 Å². The minimum atomic E-state index is -3.57. The number of nitrogens with one attached hydrogen (secondary N) is 1. The maximum absolute atomic E-state index is 14.8. The third-order valence-electron chi connectivity index (χ3n) is 5.94. The third kappa shape index (κ3) is 3.64. The molecule has 7 nitrogen and oxygen atoms in total. The molecule has 2 unspecified atom stereocenters. The number of nitrogens with two attached hydrogens (primary N) is 1. The maximum Gasteiger partial charge on any atom is 0.233 e. The average Bonchev–Trinajstić information content (AvgIpc) is 3.36. The molecule has 0 saturated heterocycles. The lowest BCUT2D eigenvalue weighted by molar-refractivity contribution is 0.0769. The Bertz CT molecular complexity index is 1090. The van der Waals surface area contributed by atoms with Gasteiger partial charge in [-0.15, -0.1) is 0 Å². The average molecular weight is 438 g/mol. The number of hydrogen-bond donors (Lipinski definition) is 4. The van der Waals surface area contributed by atoms with Crippen LogP contribution in [0.4, 0.5) is 10.1 Å². The molecule has 1 heterocycles. The number of hydrogen-bond acceptors (Lipinski definition) is 6. The summed E-state index contributed by atoms with van der Waals surface area (Å²) in [6, 6.07) is 1.40. The van der Waals surface area contributed by atoms with E-state index in [-0.39, 0.29) is 10.9 Å². The number of benzene rings is 1. The van der Waals surface area contributed by atoms with Crippen molar-refractivity contribution in [1.82, 2.24) is 0 Å². The Morgan fingerprint density at radius 1 is 1.20 bits per heavy atom. The molecule has 1 aromatic heterocycles. The highest BCUT2D eigenvalue weighted by Gasteiger charge is 2.30. The molecular formula is C21H28FN3O4S. The van der Waals surface area contributed by atoms with E-state index in [1.807, 2.05) is 0 Å². The molecule has 4 rings (SSSR count). The second kappa shape index (κ2) is 7.33. The molecule has 2 aromatic rings. The molecule has 0 aliphatic heterocycles. The first-order valence-electron chi connectivity index (χ1n) is 10.2. The summed E-state index contributed by atoms with van der Waals surface area (Å²) in [7, 11) is -3.57. The Morgan fingerprint density at radius 2 is 1.73 bits per heavy atom. The zero-order valence-corrected chi connectivity index (χ0v) is 18.2.